The number of nitrogens with one attached hydrogen (secondary N) is 1. The van der Waals surface area contributed by atoms with Crippen LogP contribution < -0.4 is 11.1 Å². The van der Waals surface area contributed by atoms with Crippen molar-refractivity contribution in [1.82, 2.24) is 5.32 Å². The molecule has 1 amide bonds. The van der Waals surface area contributed by atoms with Gasteiger partial charge in [0.2, 0.25) is 5.91 Å². The number of ether oxygens (including phenoxy) is 1. The Morgan fingerprint density at radius 3 is 2.00 bits per heavy atom. The third-order valence-corrected chi connectivity index (χ3v) is 4.53. The lowest BCUT2D eigenvalue weighted by Crippen LogP contribution is -2.62. The predicted molar refractivity (Wildman–Crippen MR) is 86.0 cm³/mol. The number of hydrogen-bond acceptors (Lipinski definition) is 4. The van der Waals surface area contributed by atoms with Crippen molar-refractivity contribution in [3.05, 3.63) is 35.9 Å². The zero-order valence-electron chi connectivity index (χ0n) is 14.2. The van der Waals surface area contributed by atoms with Crippen LogP contribution in [0.1, 0.15) is 40.2 Å². The van der Waals surface area contributed by atoms with Gasteiger partial charge < -0.3 is 15.8 Å². The molecule has 122 valence electrons. The number of benzene rings is 1. The lowest BCUT2D eigenvalue weighted by molar-refractivity contribution is -0.155. The number of carbonyl (C=O) groups is 2. The fourth-order valence-electron chi connectivity index (χ4n) is 2.00. The Morgan fingerprint density at radius 1 is 1.05 bits per heavy atom. The molecule has 0 aromatic heterocycles. The molecular formula is C17H26N2O3. The Morgan fingerprint density at radius 2 is 1.55 bits per heavy atom. The zero-order chi connectivity index (χ0) is 17.2. The van der Waals surface area contributed by atoms with Gasteiger partial charge in [0, 0.05) is 0 Å². The van der Waals surface area contributed by atoms with Crippen LogP contribution in [0.5, 0.6) is 0 Å². The summed E-state index contributed by atoms with van der Waals surface area (Å²) >= 11 is 0. The van der Waals surface area contributed by atoms with Gasteiger partial charge in [-0.15, -0.1) is 0 Å². The van der Waals surface area contributed by atoms with Crippen LogP contribution in [0.3, 0.4) is 0 Å². The van der Waals surface area contributed by atoms with Crippen molar-refractivity contribution in [3.63, 3.8) is 0 Å². The second-order valence-corrected chi connectivity index (χ2v) is 6.76. The number of rotatable bonds is 5. The SMILES string of the molecule is COC(=O)C(C)(C)C(C)(C)NC(=O)C(C)(N)c1ccccc1. The fourth-order valence-corrected chi connectivity index (χ4v) is 2.00. The third kappa shape index (κ3) is 3.30. The molecule has 5 heteroatoms. The summed E-state index contributed by atoms with van der Waals surface area (Å²) in [4.78, 5) is 24.6. The minimum Gasteiger partial charge on any atom is -0.469 e. The second kappa shape index (κ2) is 6.08. The van der Waals surface area contributed by atoms with Gasteiger partial charge in [-0.05, 0) is 40.2 Å². The first kappa shape index (κ1) is 18.2. The Hall–Kier alpha value is -1.88. The predicted octanol–water partition coefficient (Wildman–Crippen LogP) is 1.95. The number of nitrogens with two attached hydrogens (primary N) is 1. The van der Waals surface area contributed by atoms with Crippen LogP contribution in [0.25, 0.3) is 0 Å². The van der Waals surface area contributed by atoms with E-state index >= 15 is 0 Å². The molecular weight excluding hydrogens is 280 g/mol. The van der Waals surface area contributed by atoms with Gasteiger partial charge in [0.25, 0.3) is 0 Å². The highest BCUT2D eigenvalue weighted by molar-refractivity contribution is 5.88. The highest BCUT2D eigenvalue weighted by atomic mass is 16.5. The number of hydrogen-bond donors (Lipinski definition) is 2. The molecule has 1 rings (SSSR count). The Kier molecular flexibility index (Phi) is 5.03. The van der Waals surface area contributed by atoms with E-state index in [9.17, 15) is 9.59 Å². The highest BCUT2D eigenvalue weighted by Gasteiger charge is 2.47. The van der Waals surface area contributed by atoms with Crippen LogP contribution >= 0.6 is 0 Å². The minimum atomic E-state index is -1.19. The van der Waals surface area contributed by atoms with Crippen molar-refractivity contribution < 1.29 is 14.3 Å². The summed E-state index contributed by atoms with van der Waals surface area (Å²) in [7, 11) is 1.33. The van der Waals surface area contributed by atoms with Gasteiger partial charge in [-0.3, -0.25) is 9.59 Å². The maximum Gasteiger partial charge on any atom is 0.313 e. The molecule has 0 fully saturated rings. The normalized spacial score (nSPS) is 14.9. The average molecular weight is 306 g/mol. The maximum absolute atomic E-state index is 12.7. The Bertz CT molecular complexity index is 548. The highest BCUT2D eigenvalue weighted by Crippen LogP contribution is 2.32. The lowest BCUT2D eigenvalue weighted by atomic mass is 9.74. The number of carbonyl (C=O) groups excluding carboxylic acids is 2. The van der Waals surface area contributed by atoms with Crippen LogP contribution in [0.15, 0.2) is 30.3 Å². The minimum absolute atomic E-state index is 0.347. The van der Waals surface area contributed by atoms with Crippen molar-refractivity contribution in [3.8, 4) is 0 Å². The first-order chi connectivity index (χ1) is 9.96. The van der Waals surface area contributed by atoms with E-state index in [1.165, 1.54) is 7.11 Å². The van der Waals surface area contributed by atoms with Gasteiger partial charge in [-0.25, -0.2) is 0 Å². The smallest absolute Gasteiger partial charge is 0.313 e. The standard InChI is InChI=1S/C17H26N2O3/c1-15(2,14(21)22-6)16(3,4)19-13(20)17(5,18)12-10-8-7-9-11-12/h7-11H,18H2,1-6H3,(H,19,20). The first-order valence-corrected chi connectivity index (χ1v) is 7.22. The molecule has 22 heavy (non-hydrogen) atoms. The van der Waals surface area contributed by atoms with Crippen LogP contribution in [0.2, 0.25) is 0 Å². The van der Waals surface area contributed by atoms with Crippen molar-refractivity contribution in [1.29, 1.82) is 0 Å². The van der Waals surface area contributed by atoms with Crippen LogP contribution in [-0.2, 0) is 19.9 Å². The molecule has 0 saturated carbocycles. The monoisotopic (exact) mass is 306 g/mol. The van der Waals surface area contributed by atoms with Crippen molar-refractivity contribution in [2.45, 2.75) is 45.7 Å². The second-order valence-electron chi connectivity index (χ2n) is 6.76. The summed E-state index contributed by atoms with van der Waals surface area (Å²) in [6, 6.07) is 9.13. The summed E-state index contributed by atoms with van der Waals surface area (Å²) in [5.41, 5.74) is 4.00. The van der Waals surface area contributed by atoms with E-state index in [1.807, 2.05) is 18.2 Å². The zero-order valence-corrected chi connectivity index (χ0v) is 14.2. The molecule has 0 aliphatic carbocycles. The molecule has 0 heterocycles. The van der Waals surface area contributed by atoms with E-state index in [0.29, 0.717) is 5.56 Å². The molecule has 0 spiro atoms. The van der Waals surface area contributed by atoms with E-state index < -0.39 is 22.5 Å². The summed E-state index contributed by atoms with van der Waals surface area (Å²) in [5.74, 6) is -0.739. The quantitative estimate of drug-likeness (QED) is 0.815. The fraction of sp³-hybridized carbons (Fsp3) is 0.529. The lowest BCUT2D eigenvalue weighted by Gasteiger charge is -2.41. The van der Waals surface area contributed by atoms with Crippen molar-refractivity contribution >= 4 is 11.9 Å². The third-order valence-electron chi connectivity index (χ3n) is 4.53. The van der Waals surface area contributed by atoms with Crippen molar-refractivity contribution in [2.24, 2.45) is 11.1 Å². The molecule has 0 aliphatic rings. The van der Waals surface area contributed by atoms with Crippen molar-refractivity contribution in [2.75, 3.05) is 7.11 Å². The van der Waals surface area contributed by atoms with Gasteiger partial charge >= 0.3 is 5.97 Å². The van der Waals surface area contributed by atoms with Gasteiger partial charge in [0.05, 0.1) is 18.1 Å². The maximum atomic E-state index is 12.7. The Labute approximate surface area is 132 Å². The number of amides is 1. The van der Waals surface area contributed by atoms with Gasteiger partial charge in [-0.2, -0.15) is 0 Å². The molecule has 1 aromatic carbocycles. The molecule has 0 bridgehead atoms. The molecule has 1 aromatic rings. The Balaban J connectivity index is 3.03. The van der Waals surface area contributed by atoms with E-state index in [2.05, 4.69) is 5.32 Å². The number of esters is 1. The van der Waals surface area contributed by atoms with Gasteiger partial charge in [-0.1, -0.05) is 30.3 Å². The van der Waals surface area contributed by atoms with Crippen LogP contribution in [0.4, 0.5) is 0 Å². The molecule has 0 saturated heterocycles. The largest absolute Gasteiger partial charge is 0.469 e. The summed E-state index contributed by atoms with van der Waals surface area (Å²) in [6.45, 7) is 8.68. The van der Waals surface area contributed by atoms with E-state index in [0.717, 1.165) is 0 Å². The van der Waals surface area contributed by atoms with Crippen LogP contribution in [-0.4, -0.2) is 24.5 Å². The average Bonchev–Trinajstić information content (AvgIpc) is 2.46. The van der Waals surface area contributed by atoms with Crippen LogP contribution in [0, 0.1) is 5.41 Å². The molecule has 0 aliphatic heterocycles. The van der Waals surface area contributed by atoms with Gasteiger partial charge in [0.1, 0.15) is 5.54 Å². The molecule has 3 N–H and O–H groups in total. The number of methoxy groups -OCH3 is 1. The molecule has 0 radical (unpaired) electrons. The van der Waals surface area contributed by atoms with E-state index in [1.54, 1.807) is 46.8 Å². The molecule has 1 atom stereocenters. The topological polar surface area (TPSA) is 81.4 Å². The van der Waals surface area contributed by atoms with E-state index in [4.69, 9.17) is 10.5 Å². The molecule has 5 nitrogen and oxygen atoms in total. The van der Waals surface area contributed by atoms with Gasteiger partial charge in [0.15, 0.2) is 0 Å². The first-order valence-electron chi connectivity index (χ1n) is 7.22. The summed E-state index contributed by atoms with van der Waals surface area (Å²) in [5, 5.41) is 2.89. The van der Waals surface area contributed by atoms with E-state index in [-0.39, 0.29) is 5.91 Å². The summed E-state index contributed by atoms with van der Waals surface area (Å²) < 4.78 is 4.83. The summed E-state index contributed by atoms with van der Waals surface area (Å²) in [6.07, 6.45) is 0. The molecule has 1 unspecified atom stereocenters.